The Kier molecular flexibility index (Phi) is 9.64. The number of methoxy groups -OCH3 is 1. The number of nitrogens with one attached hydrogen (secondary N) is 1. The summed E-state index contributed by atoms with van der Waals surface area (Å²) in [6.07, 6.45) is 7.97. The van der Waals surface area contributed by atoms with Crippen LogP contribution in [0.2, 0.25) is 5.02 Å². The van der Waals surface area contributed by atoms with Crippen molar-refractivity contribution >= 4 is 39.0 Å². The Hall–Kier alpha value is -3.61. The molecule has 3 aromatic rings. The number of fused-ring (bicyclic) bond motifs is 4. The molecule has 7 rings (SSSR count). The van der Waals surface area contributed by atoms with Crippen molar-refractivity contribution in [3.63, 3.8) is 0 Å². The molecule has 2 bridgehead atoms. The Morgan fingerprint density at radius 3 is 2.78 bits per heavy atom. The van der Waals surface area contributed by atoms with Crippen LogP contribution in [0.5, 0.6) is 11.6 Å². The van der Waals surface area contributed by atoms with Gasteiger partial charge in [-0.2, -0.15) is 0 Å². The number of amides is 2. The van der Waals surface area contributed by atoms with Gasteiger partial charge in [-0.3, -0.25) is 19.0 Å². The van der Waals surface area contributed by atoms with E-state index in [0.717, 1.165) is 49.2 Å². The summed E-state index contributed by atoms with van der Waals surface area (Å²) >= 11 is 6.43. The number of anilines is 1. The van der Waals surface area contributed by atoms with Gasteiger partial charge in [-0.15, -0.1) is 9.46 Å². The average molecular weight is 724 g/mol. The molecule has 268 valence electrons. The van der Waals surface area contributed by atoms with E-state index in [1.807, 2.05) is 13.0 Å². The second-order valence-electron chi connectivity index (χ2n) is 14.8. The van der Waals surface area contributed by atoms with Crippen LogP contribution in [-0.4, -0.2) is 69.6 Å². The minimum atomic E-state index is -3.59. The molecule has 1 fully saturated rings. The molecule has 0 saturated heterocycles. The van der Waals surface area contributed by atoms with Crippen molar-refractivity contribution < 1.29 is 28.4 Å². The molecule has 6 atom stereocenters. The number of aryl methyl sites for hydroxylation is 2. The molecule has 1 aromatic heterocycles. The first-order valence-corrected chi connectivity index (χ1v) is 19.7. The Labute approximate surface area is 299 Å². The van der Waals surface area contributed by atoms with Gasteiger partial charge in [0.15, 0.2) is 0 Å². The molecule has 2 aliphatic heterocycles. The third kappa shape index (κ3) is 6.86. The SMILES string of the molecule is COc1nn(C)cc1C(=O)N[S@@]1(=O)=NC(=O)c2ccc3c(c2)N(C[C@@H]2CC[C@H]2[C@@H](O)CCC[C@H](C)C1)C[C@@]1(CCCc2cc(Cl)ccc21)CO3. The zero-order valence-electron chi connectivity index (χ0n) is 28.9. The van der Waals surface area contributed by atoms with E-state index in [9.17, 15) is 18.9 Å². The molecule has 13 heteroatoms. The summed E-state index contributed by atoms with van der Waals surface area (Å²) in [6.45, 7) is 3.81. The topological polar surface area (TPSA) is 135 Å². The number of hydrogen-bond acceptors (Lipinski definition) is 8. The Balaban J connectivity index is 1.29. The van der Waals surface area contributed by atoms with Crippen LogP contribution in [0.3, 0.4) is 0 Å². The van der Waals surface area contributed by atoms with Crippen LogP contribution in [0, 0.1) is 17.8 Å². The van der Waals surface area contributed by atoms with Crippen LogP contribution >= 0.6 is 11.6 Å². The summed E-state index contributed by atoms with van der Waals surface area (Å²) in [4.78, 5) is 29.8. The summed E-state index contributed by atoms with van der Waals surface area (Å²) in [7, 11) is -0.535. The molecule has 0 radical (unpaired) electrons. The number of nitrogens with zero attached hydrogens (tertiary/aromatic N) is 4. The molecule has 4 aliphatic rings. The molecule has 2 amide bonds. The van der Waals surface area contributed by atoms with Crippen molar-refractivity contribution in [2.75, 3.05) is 37.5 Å². The van der Waals surface area contributed by atoms with Crippen molar-refractivity contribution in [3.05, 3.63) is 69.9 Å². The third-order valence-corrected chi connectivity index (χ3v) is 13.4. The first kappa shape index (κ1) is 34.8. The number of ether oxygens (including phenoxy) is 2. The maximum absolute atomic E-state index is 14.5. The molecular formula is C37H46ClN5O6S. The predicted molar refractivity (Wildman–Crippen MR) is 192 cm³/mol. The molecule has 2 N–H and O–H groups in total. The largest absolute Gasteiger partial charge is 0.490 e. The number of aliphatic hydroxyl groups excluding tert-OH is 1. The van der Waals surface area contributed by atoms with E-state index in [2.05, 4.69) is 31.2 Å². The fourth-order valence-electron chi connectivity index (χ4n) is 8.48. The van der Waals surface area contributed by atoms with Crippen molar-refractivity contribution in [3.8, 4) is 11.6 Å². The van der Waals surface area contributed by atoms with Gasteiger partial charge in [-0.1, -0.05) is 31.0 Å². The molecule has 3 heterocycles. The van der Waals surface area contributed by atoms with Gasteiger partial charge in [-0.25, -0.2) is 4.21 Å². The Morgan fingerprint density at radius 1 is 1.16 bits per heavy atom. The van der Waals surface area contributed by atoms with Crippen LogP contribution in [0.15, 0.2) is 47.0 Å². The van der Waals surface area contributed by atoms with Gasteiger partial charge in [0.1, 0.15) is 21.2 Å². The van der Waals surface area contributed by atoms with Gasteiger partial charge in [0.2, 0.25) is 5.88 Å². The molecule has 11 nitrogen and oxygen atoms in total. The number of benzene rings is 2. The molecular weight excluding hydrogens is 678 g/mol. The third-order valence-electron chi connectivity index (χ3n) is 11.1. The number of aliphatic hydroxyl groups is 1. The number of carbonyl (C=O) groups excluding carboxylic acids is 2. The quantitative estimate of drug-likeness (QED) is 0.351. The Bertz CT molecular complexity index is 1920. The maximum atomic E-state index is 14.5. The minimum Gasteiger partial charge on any atom is -0.490 e. The number of carbonyl (C=O) groups is 2. The van der Waals surface area contributed by atoms with Gasteiger partial charge in [0.05, 0.1) is 31.3 Å². The van der Waals surface area contributed by atoms with E-state index in [0.29, 0.717) is 44.2 Å². The fraction of sp³-hybridized carbons (Fsp3) is 0.541. The lowest BCUT2D eigenvalue weighted by atomic mass is 9.68. The van der Waals surface area contributed by atoms with Crippen LogP contribution in [0.1, 0.15) is 83.7 Å². The second-order valence-corrected chi connectivity index (χ2v) is 17.2. The lowest BCUT2D eigenvalue weighted by molar-refractivity contribution is 0.00868. The molecule has 1 saturated carbocycles. The Morgan fingerprint density at radius 2 is 2.00 bits per heavy atom. The maximum Gasteiger partial charge on any atom is 0.286 e. The second kappa shape index (κ2) is 13.8. The van der Waals surface area contributed by atoms with E-state index < -0.39 is 27.8 Å². The van der Waals surface area contributed by atoms with Crippen molar-refractivity contribution in [2.24, 2.45) is 29.2 Å². The van der Waals surface area contributed by atoms with E-state index in [-0.39, 0.29) is 40.0 Å². The summed E-state index contributed by atoms with van der Waals surface area (Å²) in [5.74, 6) is -0.311. The molecule has 2 aromatic carbocycles. The van der Waals surface area contributed by atoms with Gasteiger partial charge < -0.3 is 19.5 Å². The van der Waals surface area contributed by atoms with Gasteiger partial charge >= 0.3 is 0 Å². The smallest absolute Gasteiger partial charge is 0.286 e. The van der Waals surface area contributed by atoms with E-state index in [1.165, 1.54) is 29.1 Å². The van der Waals surface area contributed by atoms with Gasteiger partial charge in [0, 0.05) is 42.3 Å². The van der Waals surface area contributed by atoms with Crippen molar-refractivity contribution in [2.45, 2.75) is 69.8 Å². The predicted octanol–water partition coefficient (Wildman–Crippen LogP) is 5.72. The van der Waals surface area contributed by atoms with Crippen LogP contribution in [0.25, 0.3) is 0 Å². The summed E-state index contributed by atoms with van der Waals surface area (Å²) in [6, 6.07) is 11.4. The highest BCUT2D eigenvalue weighted by Crippen LogP contribution is 2.47. The average Bonchev–Trinajstić information content (AvgIpc) is 3.37. The standard InChI is InChI=1S/C37H46ClN5O6S/c1-23-6-4-8-32(44)28-12-9-26(28)18-43-21-37(15-5-7-24-16-27(38)11-13-30(24)37)22-49-33-14-10-25(17-31(33)43)34(45)40-50(47,20-23)41-35(46)29-19-42(2)39-36(29)48-3/h10-11,13-14,16-17,19,23,26,28,32,44H,4-9,12,15,18,20-22H2,1-3H3,(H,40,41,45,46,47)/t23-,26-,28+,32-,37-,50-/m0/s1. The molecule has 0 unspecified atom stereocenters. The molecule has 1 spiro atoms. The summed E-state index contributed by atoms with van der Waals surface area (Å²) in [5, 5.41) is 16.3. The van der Waals surface area contributed by atoms with Crippen LogP contribution in [-0.2, 0) is 28.8 Å². The number of hydrogen-bond donors (Lipinski definition) is 2. The monoisotopic (exact) mass is 723 g/mol. The molecule has 2 aliphatic carbocycles. The summed E-state index contributed by atoms with van der Waals surface area (Å²) < 4.78 is 34.6. The number of halogens is 1. The lowest BCUT2D eigenvalue weighted by Gasteiger charge is -2.45. The highest BCUT2D eigenvalue weighted by Gasteiger charge is 2.44. The fourth-order valence-corrected chi connectivity index (χ4v) is 10.6. The highest BCUT2D eigenvalue weighted by molar-refractivity contribution is 7.92. The highest BCUT2D eigenvalue weighted by atomic mass is 35.5. The zero-order valence-corrected chi connectivity index (χ0v) is 30.5. The first-order valence-electron chi connectivity index (χ1n) is 17.6. The van der Waals surface area contributed by atoms with E-state index in [1.54, 1.807) is 25.2 Å². The zero-order chi connectivity index (χ0) is 35.2. The minimum absolute atomic E-state index is 0.0265. The van der Waals surface area contributed by atoms with Crippen LogP contribution in [0.4, 0.5) is 5.69 Å². The lowest BCUT2D eigenvalue weighted by Crippen LogP contribution is -2.49. The van der Waals surface area contributed by atoms with Crippen molar-refractivity contribution in [1.29, 1.82) is 0 Å². The number of aromatic nitrogens is 2. The van der Waals surface area contributed by atoms with Crippen LogP contribution < -0.4 is 19.1 Å². The van der Waals surface area contributed by atoms with Crippen molar-refractivity contribution in [1.82, 2.24) is 14.5 Å². The normalized spacial score (nSPS) is 29.8. The first-order chi connectivity index (χ1) is 24.0. The summed E-state index contributed by atoms with van der Waals surface area (Å²) in [5.41, 5.74) is 3.34. The van der Waals surface area contributed by atoms with Gasteiger partial charge in [0.25, 0.3) is 11.8 Å². The van der Waals surface area contributed by atoms with E-state index in [4.69, 9.17) is 21.1 Å². The van der Waals surface area contributed by atoms with Gasteiger partial charge in [-0.05, 0) is 104 Å². The molecule has 50 heavy (non-hydrogen) atoms. The van der Waals surface area contributed by atoms with E-state index >= 15 is 0 Å². The number of rotatable bonds is 3.